The van der Waals surface area contributed by atoms with Crippen molar-refractivity contribution in [2.75, 3.05) is 18.4 Å². The van der Waals surface area contributed by atoms with Gasteiger partial charge in [-0.2, -0.15) is 0 Å². The molecule has 2 aromatic rings. The number of amides is 2. The number of nitrogens with one attached hydrogen (secondary N) is 1. The quantitative estimate of drug-likeness (QED) is 0.831. The van der Waals surface area contributed by atoms with Crippen LogP contribution in [0, 0.1) is 5.92 Å². The van der Waals surface area contributed by atoms with Crippen LogP contribution >= 0.6 is 11.6 Å². The van der Waals surface area contributed by atoms with E-state index < -0.39 is 6.10 Å². The molecule has 1 aromatic carbocycles. The van der Waals surface area contributed by atoms with Gasteiger partial charge >= 0.3 is 0 Å². The molecule has 2 amide bonds. The lowest BCUT2D eigenvalue weighted by Crippen LogP contribution is -2.52. The average molecular weight is 414 g/mol. The highest BCUT2D eigenvalue weighted by Gasteiger charge is 2.49. The number of benzene rings is 1. The van der Waals surface area contributed by atoms with E-state index in [4.69, 9.17) is 16.3 Å². The van der Waals surface area contributed by atoms with Crippen molar-refractivity contribution in [1.29, 1.82) is 0 Å². The maximum absolute atomic E-state index is 12.8. The first-order valence-corrected chi connectivity index (χ1v) is 10.3. The van der Waals surface area contributed by atoms with E-state index in [2.05, 4.69) is 17.2 Å². The van der Waals surface area contributed by atoms with Crippen molar-refractivity contribution >= 4 is 29.1 Å². The monoisotopic (exact) mass is 413 g/mol. The molecule has 0 radical (unpaired) electrons. The summed E-state index contributed by atoms with van der Waals surface area (Å²) in [7, 11) is 0. The zero-order valence-corrected chi connectivity index (χ0v) is 17.1. The summed E-state index contributed by atoms with van der Waals surface area (Å²) < 4.78 is 6.30. The third kappa shape index (κ3) is 4.14. The standard InChI is InChI=1S/C22H24ClN3O3/c1-15-14-26(21(28)16-4-2-5-17(23)12-16)11-9-22(15)8-7-19(29-22)20(27)25-18-6-3-10-24-13-18/h2-6,10,12-13,15,19H,7-9,11,14H2,1H3,(H,25,27)/t15-,19?,22+/m1/s1. The van der Waals surface area contributed by atoms with Gasteiger partial charge in [0.05, 0.1) is 17.5 Å². The zero-order chi connectivity index (χ0) is 20.4. The number of carbonyl (C=O) groups is 2. The summed E-state index contributed by atoms with van der Waals surface area (Å²) >= 11 is 6.03. The Kier molecular flexibility index (Phi) is 5.56. The minimum atomic E-state index is -0.479. The first kappa shape index (κ1) is 19.9. The average Bonchev–Trinajstić information content (AvgIpc) is 3.16. The summed E-state index contributed by atoms with van der Waals surface area (Å²) in [6, 6.07) is 10.6. The van der Waals surface area contributed by atoms with Crippen molar-refractivity contribution < 1.29 is 14.3 Å². The zero-order valence-electron chi connectivity index (χ0n) is 16.3. The largest absolute Gasteiger partial charge is 0.362 e. The van der Waals surface area contributed by atoms with Crippen LogP contribution in [0.1, 0.15) is 36.5 Å². The van der Waals surface area contributed by atoms with E-state index in [0.717, 1.165) is 12.8 Å². The van der Waals surface area contributed by atoms with Gasteiger partial charge < -0.3 is 15.0 Å². The van der Waals surface area contributed by atoms with Crippen molar-refractivity contribution in [2.24, 2.45) is 5.92 Å². The van der Waals surface area contributed by atoms with E-state index in [-0.39, 0.29) is 23.3 Å². The normalized spacial score (nSPS) is 26.5. The number of nitrogens with zero attached hydrogens (tertiary/aromatic N) is 2. The van der Waals surface area contributed by atoms with Crippen molar-refractivity contribution in [2.45, 2.75) is 37.9 Å². The van der Waals surface area contributed by atoms with Gasteiger partial charge in [0.2, 0.25) is 0 Å². The number of halogens is 1. The lowest BCUT2D eigenvalue weighted by molar-refractivity contribution is -0.141. The molecular weight excluding hydrogens is 390 g/mol. The van der Waals surface area contributed by atoms with Crippen LogP contribution in [-0.4, -0.2) is 46.5 Å². The van der Waals surface area contributed by atoms with Gasteiger partial charge in [-0.1, -0.05) is 24.6 Å². The van der Waals surface area contributed by atoms with Gasteiger partial charge in [-0.05, 0) is 49.6 Å². The molecule has 1 N–H and O–H groups in total. The van der Waals surface area contributed by atoms with Crippen LogP contribution in [0.3, 0.4) is 0 Å². The number of pyridine rings is 1. The van der Waals surface area contributed by atoms with Gasteiger partial charge in [-0.15, -0.1) is 0 Å². The summed E-state index contributed by atoms with van der Waals surface area (Å²) in [6.07, 6.45) is 5.02. The van der Waals surface area contributed by atoms with Gasteiger partial charge in [0.25, 0.3) is 11.8 Å². The number of anilines is 1. The molecule has 1 unspecified atom stereocenters. The molecule has 0 saturated carbocycles. The van der Waals surface area contributed by atoms with Crippen LogP contribution in [0.15, 0.2) is 48.8 Å². The maximum Gasteiger partial charge on any atom is 0.253 e. The molecule has 2 aliphatic heterocycles. The lowest BCUT2D eigenvalue weighted by Gasteiger charge is -2.44. The SMILES string of the molecule is C[C@@H]1CN(C(=O)c2cccc(Cl)c2)CC[C@@]12CCC(C(=O)Nc1cccnc1)O2. The van der Waals surface area contributed by atoms with Gasteiger partial charge in [0.1, 0.15) is 6.10 Å². The molecule has 4 rings (SSSR count). The number of piperidine rings is 1. The molecule has 0 aliphatic carbocycles. The van der Waals surface area contributed by atoms with E-state index in [0.29, 0.717) is 35.8 Å². The molecule has 1 aromatic heterocycles. The summed E-state index contributed by atoms with van der Waals surface area (Å²) in [6.45, 7) is 3.30. The van der Waals surface area contributed by atoms with Crippen LogP contribution in [0.25, 0.3) is 0 Å². The maximum atomic E-state index is 12.8. The van der Waals surface area contributed by atoms with Crippen LogP contribution in [-0.2, 0) is 9.53 Å². The van der Waals surface area contributed by atoms with E-state index in [1.165, 1.54) is 0 Å². The Labute approximate surface area is 175 Å². The highest BCUT2D eigenvalue weighted by atomic mass is 35.5. The fourth-order valence-electron chi connectivity index (χ4n) is 4.31. The fraction of sp³-hybridized carbons (Fsp3) is 0.409. The summed E-state index contributed by atoms with van der Waals surface area (Å²) in [5.41, 5.74) is 0.904. The highest BCUT2D eigenvalue weighted by Crippen LogP contribution is 2.42. The molecule has 3 heterocycles. The molecule has 1 spiro atoms. The third-order valence-corrected chi connectivity index (χ3v) is 6.22. The van der Waals surface area contributed by atoms with Crippen LogP contribution in [0.4, 0.5) is 5.69 Å². The van der Waals surface area contributed by atoms with Crippen molar-refractivity contribution in [3.05, 3.63) is 59.4 Å². The fourth-order valence-corrected chi connectivity index (χ4v) is 4.50. The summed E-state index contributed by atoms with van der Waals surface area (Å²) in [4.78, 5) is 31.3. The molecule has 2 fully saturated rings. The third-order valence-electron chi connectivity index (χ3n) is 5.98. The van der Waals surface area contributed by atoms with Gasteiger partial charge in [0, 0.05) is 35.8 Å². The molecule has 29 heavy (non-hydrogen) atoms. The number of hydrogen-bond acceptors (Lipinski definition) is 4. The smallest absolute Gasteiger partial charge is 0.253 e. The lowest BCUT2D eigenvalue weighted by atomic mass is 9.80. The number of hydrogen-bond donors (Lipinski definition) is 1. The molecule has 0 bridgehead atoms. The Bertz CT molecular complexity index is 907. The van der Waals surface area contributed by atoms with E-state index in [9.17, 15) is 9.59 Å². The van der Waals surface area contributed by atoms with E-state index in [1.54, 1.807) is 48.8 Å². The minimum absolute atomic E-state index is 0.0157. The first-order valence-electron chi connectivity index (χ1n) is 9.90. The molecule has 2 aliphatic rings. The van der Waals surface area contributed by atoms with Gasteiger partial charge in [-0.3, -0.25) is 14.6 Å². The first-order chi connectivity index (χ1) is 14.0. The van der Waals surface area contributed by atoms with Crippen molar-refractivity contribution in [3.63, 3.8) is 0 Å². The molecule has 2 saturated heterocycles. The second kappa shape index (κ2) is 8.13. The predicted molar refractivity (Wildman–Crippen MR) is 111 cm³/mol. The topological polar surface area (TPSA) is 71.5 Å². The highest BCUT2D eigenvalue weighted by molar-refractivity contribution is 6.30. The second-order valence-corrected chi connectivity index (χ2v) is 8.29. The minimum Gasteiger partial charge on any atom is -0.362 e. The van der Waals surface area contributed by atoms with Crippen molar-refractivity contribution in [1.82, 2.24) is 9.88 Å². The Morgan fingerprint density at radius 3 is 2.86 bits per heavy atom. The predicted octanol–water partition coefficient (Wildman–Crippen LogP) is 3.77. The number of carbonyl (C=O) groups excluding carboxylic acids is 2. The second-order valence-electron chi connectivity index (χ2n) is 7.85. The van der Waals surface area contributed by atoms with Crippen LogP contribution in [0.5, 0.6) is 0 Å². The number of likely N-dealkylation sites (tertiary alicyclic amines) is 1. The molecule has 152 valence electrons. The Balaban J connectivity index is 1.38. The van der Waals surface area contributed by atoms with Crippen molar-refractivity contribution in [3.8, 4) is 0 Å². The summed E-state index contributed by atoms with van der Waals surface area (Å²) in [5, 5.41) is 3.43. The van der Waals surface area contributed by atoms with E-state index >= 15 is 0 Å². The van der Waals surface area contributed by atoms with Crippen LogP contribution in [0.2, 0.25) is 5.02 Å². The van der Waals surface area contributed by atoms with Crippen LogP contribution < -0.4 is 5.32 Å². The molecule has 3 atom stereocenters. The molecule has 6 nitrogen and oxygen atoms in total. The molecular formula is C22H24ClN3O3. The Morgan fingerprint density at radius 1 is 1.28 bits per heavy atom. The van der Waals surface area contributed by atoms with Gasteiger partial charge in [-0.25, -0.2) is 0 Å². The van der Waals surface area contributed by atoms with E-state index in [1.807, 2.05) is 4.90 Å². The number of rotatable bonds is 3. The van der Waals surface area contributed by atoms with Gasteiger partial charge in [0.15, 0.2) is 0 Å². The Hall–Kier alpha value is -2.44. The Morgan fingerprint density at radius 2 is 2.14 bits per heavy atom. The summed E-state index contributed by atoms with van der Waals surface area (Å²) in [5.74, 6) is -0.0202. The molecule has 7 heteroatoms. The number of aromatic nitrogens is 1. The number of ether oxygens (including phenoxy) is 1.